The van der Waals surface area contributed by atoms with Crippen molar-refractivity contribution in [3.63, 3.8) is 0 Å². The lowest BCUT2D eigenvalue weighted by molar-refractivity contribution is -0.123. The van der Waals surface area contributed by atoms with Gasteiger partial charge in [-0.1, -0.05) is 20.8 Å². The Labute approximate surface area is 104 Å². The Morgan fingerprint density at radius 1 is 1.47 bits per heavy atom. The van der Waals surface area contributed by atoms with Crippen LogP contribution in [0.3, 0.4) is 0 Å². The van der Waals surface area contributed by atoms with Gasteiger partial charge in [0.25, 0.3) is 0 Å². The number of rotatable bonds is 5. The smallest absolute Gasteiger partial charge is 0.220 e. The molecule has 1 heterocycles. The van der Waals surface area contributed by atoms with Gasteiger partial charge in [0.05, 0.1) is 6.26 Å². The van der Waals surface area contributed by atoms with Gasteiger partial charge in [0, 0.05) is 18.9 Å². The number of aryl methyl sites for hydroxylation is 1. The van der Waals surface area contributed by atoms with Crippen LogP contribution in [-0.2, 0) is 11.2 Å². The van der Waals surface area contributed by atoms with E-state index in [9.17, 15) is 4.79 Å². The normalized spacial score (nSPS) is 13.4. The molecule has 1 aromatic heterocycles. The molecule has 0 aliphatic rings. The molecule has 0 saturated carbocycles. The Morgan fingerprint density at radius 2 is 2.18 bits per heavy atom. The molecule has 96 valence electrons. The molecule has 1 rings (SSSR count). The number of amides is 1. The van der Waals surface area contributed by atoms with Gasteiger partial charge in [-0.2, -0.15) is 0 Å². The fourth-order valence-electron chi connectivity index (χ4n) is 1.69. The molecule has 17 heavy (non-hydrogen) atoms. The molecule has 0 spiro atoms. The lowest BCUT2D eigenvalue weighted by Crippen LogP contribution is -2.35. The standard InChI is InChI=1S/C14H23NO2/c1-11(7-8-12-6-5-9-17-12)15-13(16)10-14(2,3)4/h5-6,9,11H,7-8,10H2,1-4H3,(H,15,16)/t11-/m1/s1. The van der Waals surface area contributed by atoms with Crippen molar-refractivity contribution in [1.29, 1.82) is 0 Å². The number of carbonyl (C=O) groups is 1. The minimum absolute atomic E-state index is 0.0464. The number of carbonyl (C=O) groups excluding carboxylic acids is 1. The minimum Gasteiger partial charge on any atom is -0.469 e. The number of furan rings is 1. The largest absolute Gasteiger partial charge is 0.469 e. The van der Waals surface area contributed by atoms with Gasteiger partial charge in [0.15, 0.2) is 0 Å². The maximum absolute atomic E-state index is 11.7. The molecule has 0 aliphatic carbocycles. The highest BCUT2D eigenvalue weighted by Crippen LogP contribution is 2.18. The molecule has 0 aliphatic heterocycles. The highest BCUT2D eigenvalue weighted by molar-refractivity contribution is 5.76. The Hall–Kier alpha value is -1.25. The fraction of sp³-hybridized carbons (Fsp3) is 0.643. The van der Waals surface area contributed by atoms with E-state index in [1.54, 1.807) is 6.26 Å². The molecule has 0 aromatic carbocycles. The van der Waals surface area contributed by atoms with Crippen molar-refractivity contribution >= 4 is 5.91 Å². The topological polar surface area (TPSA) is 42.2 Å². The molecule has 0 fully saturated rings. The first kappa shape index (κ1) is 13.8. The first-order chi connectivity index (χ1) is 7.87. The lowest BCUT2D eigenvalue weighted by atomic mass is 9.92. The van der Waals surface area contributed by atoms with Crippen molar-refractivity contribution in [2.45, 2.75) is 53.0 Å². The van der Waals surface area contributed by atoms with Gasteiger partial charge in [-0.3, -0.25) is 4.79 Å². The third-order valence-corrected chi connectivity index (χ3v) is 2.50. The summed E-state index contributed by atoms with van der Waals surface area (Å²) in [7, 11) is 0. The van der Waals surface area contributed by atoms with Crippen LogP contribution >= 0.6 is 0 Å². The van der Waals surface area contributed by atoms with Crippen LogP contribution in [0.15, 0.2) is 22.8 Å². The maximum atomic E-state index is 11.7. The van der Waals surface area contributed by atoms with E-state index in [-0.39, 0.29) is 17.4 Å². The minimum atomic E-state index is 0.0464. The Kier molecular flexibility index (Phi) is 4.79. The van der Waals surface area contributed by atoms with Gasteiger partial charge in [0.1, 0.15) is 5.76 Å². The molecular formula is C14H23NO2. The van der Waals surface area contributed by atoms with E-state index < -0.39 is 0 Å². The van der Waals surface area contributed by atoms with Crippen molar-refractivity contribution in [2.75, 3.05) is 0 Å². The van der Waals surface area contributed by atoms with Crippen LogP contribution in [0, 0.1) is 5.41 Å². The van der Waals surface area contributed by atoms with Crippen LogP contribution in [0.2, 0.25) is 0 Å². The van der Waals surface area contributed by atoms with E-state index in [0.717, 1.165) is 18.6 Å². The second-order valence-corrected chi connectivity index (χ2v) is 5.82. The van der Waals surface area contributed by atoms with Gasteiger partial charge in [0.2, 0.25) is 5.91 Å². The average molecular weight is 237 g/mol. The Balaban J connectivity index is 2.25. The van der Waals surface area contributed by atoms with Gasteiger partial charge in [-0.25, -0.2) is 0 Å². The van der Waals surface area contributed by atoms with E-state index in [1.165, 1.54) is 0 Å². The maximum Gasteiger partial charge on any atom is 0.220 e. The zero-order valence-electron chi connectivity index (χ0n) is 11.2. The van der Waals surface area contributed by atoms with Gasteiger partial charge < -0.3 is 9.73 Å². The quantitative estimate of drug-likeness (QED) is 0.854. The predicted molar refractivity (Wildman–Crippen MR) is 68.7 cm³/mol. The summed E-state index contributed by atoms with van der Waals surface area (Å²) in [5.74, 6) is 1.10. The van der Waals surface area contributed by atoms with Crippen LogP contribution in [-0.4, -0.2) is 11.9 Å². The van der Waals surface area contributed by atoms with Gasteiger partial charge in [-0.05, 0) is 30.9 Å². The van der Waals surface area contributed by atoms with Crippen LogP contribution in [0.25, 0.3) is 0 Å². The summed E-state index contributed by atoms with van der Waals surface area (Å²) in [4.78, 5) is 11.7. The third-order valence-electron chi connectivity index (χ3n) is 2.50. The van der Waals surface area contributed by atoms with E-state index in [0.29, 0.717) is 6.42 Å². The Morgan fingerprint density at radius 3 is 2.71 bits per heavy atom. The summed E-state index contributed by atoms with van der Waals surface area (Å²) >= 11 is 0. The molecule has 0 bridgehead atoms. The predicted octanol–water partition coefficient (Wildman–Crippen LogP) is 3.15. The molecule has 0 saturated heterocycles. The van der Waals surface area contributed by atoms with Crippen molar-refractivity contribution in [3.05, 3.63) is 24.2 Å². The van der Waals surface area contributed by atoms with Crippen molar-refractivity contribution in [1.82, 2.24) is 5.32 Å². The first-order valence-corrected chi connectivity index (χ1v) is 6.18. The van der Waals surface area contributed by atoms with E-state index >= 15 is 0 Å². The van der Waals surface area contributed by atoms with Crippen molar-refractivity contribution in [3.8, 4) is 0 Å². The number of hydrogen-bond donors (Lipinski definition) is 1. The SMILES string of the molecule is C[C@H](CCc1ccco1)NC(=O)CC(C)(C)C. The van der Waals surface area contributed by atoms with E-state index in [1.807, 2.05) is 19.1 Å². The zero-order valence-corrected chi connectivity index (χ0v) is 11.2. The average Bonchev–Trinajstić information content (AvgIpc) is 2.63. The molecule has 0 unspecified atom stereocenters. The molecule has 1 aromatic rings. The highest BCUT2D eigenvalue weighted by Gasteiger charge is 2.17. The molecule has 3 heteroatoms. The van der Waals surface area contributed by atoms with Crippen LogP contribution in [0.5, 0.6) is 0 Å². The summed E-state index contributed by atoms with van der Waals surface area (Å²) in [6, 6.07) is 4.04. The van der Waals surface area contributed by atoms with Gasteiger partial charge in [-0.15, -0.1) is 0 Å². The second kappa shape index (κ2) is 5.89. The fourth-order valence-corrected chi connectivity index (χ4v) is 1.69. The highest BCUT2D eigenvalue weighted by atomic mass is 16.3. The molecule has 0 radical (unpaired) electrons. The molecule has 1 amide bonds. The Bertz CT molecular complexity index is 336. The molecular weight excluding hydrogens is 214 g/mol. The zero-order chi connectivity index (χ0) is 12.9. The van der Waals surface area contributed by atoms with Crippen LogP contribution in [0.1, 0.15) is 46.3 Å². The molecule has 1 atom stereocenters. The van der Waals surface area contributed by atoms with Crippen molar-refractivity contribution < 1.29 is 9.21 Å². The summed E-state index contributed by atoms with van der Waals surface area (Å²) in [6.45, 7) is 8.24. The second-order valence-electron chi connectivity index (χ2n) is 5.82. The van der Waals surface area contributed by atoms with Crippen molar-refractivity contribution in [2.24, 2.45) is 5.41 Å². The van der Waals surface area contributed by atoms with Crippen LogP contribution < -0.4 is 5.32 Å². The summed E-state index contributed by atoms with van der Waals surface area (Å²) in [5.41, 5.74) is 0.0464. The van der Waals surface area contributed by atoms with Crippen LogP contribution in [0.4, 0.5) is 0 Å². The lowest BCUT2D eigenvalue weighted by Gasteiger charge is -2.20. The number of nitrogens with one attached hydrogen (secondary N) is 1. The van der Waals surface area contributed by atoms with Gasteiger partial charge >= 0.3 is 0 Å². The number of hydrogen-bond acceptors (Lipinski definition) is 2. The van der Waals surface area contributed by atoms with E-state index in [4.69, 9.17) is 4.42 Å². The summed E-state index contributed by atoms with van der Waals surface area (Å²) in [5, 5.41) is 3.02. The first-order valence-electron chi connectivity index (χ1n) is 6.18. The third kappa shape index (κ3) is 6.15. The molecule has 1 N–H and O–H groups in total. The summed E-state index contributed by atoms with van der Waals surface area (Å²) < 4.78 is 5.26. The monoisotopic (exact) mass is 237 g/mol. The summed E-state index contributed by atoms with van der Waals surface area (Å²) in [6.07, 6.45) is 4.02. The molecule has 3 nitrogen and oxygen atoms in total. The van der Waals surface area contributed by atoms with E-state index in [2.05, 4.69) is 26.1 Å².